The van der Waals surface area contributed by atoms with Crippen LogP contribution in [0.1, 0.15) is 77.6 Å². The third-order valence-corrected chi connectivity index (χ3v) is 3.70. The molecule has 0 bridgehead atoms. The van der Waals surface area contributed by atoms with Gasteiger partial charge in [0.2, 0.25) is 5.91 Å². The van der Waals surface area contributed by atoms with E-state index >= 15 is 0 Å². The maximum Gasteiger partial charge on any atom is 0.301 e. The van der Waals surface area contributed by atoms with Crippen molar-refractivity contribution in [2.45, 2.75) is 77.6 Å². The minimum absolute atomic E-state index is 0.0584. The predicted molar refractivity (Wildman–Crippen MR) is 86.2 cm³/mol. The SMILES string of the molecule is CCCCCCCCCCCC(=O)NCCCOS(=O)O. The van der Waals surface area contributed by atoms with Crippen LogP contribution in [0.25, 0.3) is 0 Å². The minimum atomic E-state index is -2.20. The third-order valence-electron chi connectivity index (χ3n) is 3.33. The van der Waals surface area contributed by atoms with Crippen molar-refractivity contribution >= 4 is 17.3 Å². The topological polar surface area (TPSA) is 75.6 Å². The van der Waals surface area contributed by atoms with Crippen LogP contribution in [-0.4, -0.2) is 27.8 Å². The zero-order valence-corrected chi connectivity index (χ0v) is 14.1. The quantitative estimate of drug-likeness (QED) is 0.357. The van der Waals surface area contributed by atoms with Crippen LogP contribution in [0.5, 0.6) is 0 Å². The standard InChI is InChI=1S/C15H31NO4S/c1-2-3-4-5-6-7-8-9-10-12-15(17)16-13-11-14-20-21(18)19/h2-14H2,1H3,(H,16,17)(H,18,19). The second-order valence-electron chi connectivity index (χ2n) is 5.32. The van der Waals surface area contributed by atoms with Crippen LogP contribution in [-0.2, 0) is 20.3 Å². The van der Waals surface area contributed by atoms with E-state index in [9.17, 15) is 9.00 Å². The Bertz CT molecular complexity index is 274. The van der Waals surface area contributed by atoms with Crippen LogP contribution >= 0.6 is 0 Å². The number of nitrogens with one attached hydrogen (secondary N) is 1. The van der Waals surface area contributed by atoms with Gasteiger partial charge in [-0.2, -0.15) is 4.21 Å². The monoisotopic (exact) mass is 321 g/mol. The molecule has 0 radical (unpaired) electrons. The summed E-state index contributed by atoms with van der Waals surface area (Å²) < 4.78 is 23.0. The van der Waals surface area contributed by atoms with Crippen molar-refractivity contribution in [1.82, 2.24) is 5.32 Å². The fourth-order valence-electron chi connectivity index (χ4n) is 2.11. The molecule has 2 N–H and O–H groups in total. The van der Waals surface area contributed by atoms with E-state index < -0.39 is 11.4 Å². The highest BCUT2D eigenvalue weighted by Crippen LogP contribution is 2.10. The molecule has 0 aromatic carbocycles. The Labute approximate surface area is 131 Å². The Kier molecular flexibility index (Phi) is 15.6. The Morgan fingerprint density at radius 1 is 1.00 bits per heavy atom. The number of rotatable bonds is 15. The van der Waals surface area contributed by atoms with Crippen LogP contribution in [0.4, 0.5) is 0 Å². The van der Waals surface area contributed by atoms with Gasteiger partial charge in [-0.05, 0) is 12.8 Å². The number of unbranched alkanes of at least 4 members (excludes halogenated alkanes) is 8. The van der Waals surface area contributed by atoms with Gasteiger partial charge < -0.3 is 5.32 Å². The van der Waals surface area contributed by atoms with Crippen LogP contribution in [0.15, 0.2) is 0 Å². The summed E-state index contributed by atoms with van der Waals surface area (Å²) >= 11 is -2.20. The molecule has 0 fully saturated rings. The van der Waals surface area contributed by atoms with Gasteiger partial charge in [-0.15, -0.1) is 0 Å². The largest absolute Gasteiger partial charge is 0.356 e. The lowest BCUT2D eigenvalue weighted by atomic mass is 10.1. The maximum atomic E-state index is 11.5. The summed E-state index contributed by atoms with van der Waals surface area (Å²) in [5, 5.41) is 2.78. The van der Waals surface area contributed by atoms with E-state index in [0.717, 1.165) is 12.8 Å². The Morgan fingerprint density at radius 2 is 1.57 bits per heavy atom. The van der Waals surface area contributed by atoms with Crippen molar-refractivity contribution in [2.24, 2.45) is 0 Å². The Hall–Kier alpha value is -0.460. The second kappa shape index (κ2) is 15.9. The summed E-state index contributed by atoms with van der Waals surface area (Å²) in [6, 6.07) is 0. The average molecular weight is 321 g/mol. The van der Waals surface area contributed by atoms with E-state index in [0.29, 0.717) is 19.4 Å². The molecule has 0 spiro atoms. The first kappa shape index (κ1) is 20.5. The van der Waals surface area contributed by atoms with E-state index in [1.165, 1.54) is 44.9 Å². The highest BCUT2D eigenvalue weighted by Gasteiger charge is 2.01. The zero-order valence-electron chi connectivity index (χ0n) is 13.3. The lowest BCUT2D eigenvalue weighted by molar-refractivity contribution is -0.121. The summed E-state index contributed by atoms with van der Waals surface area (Å²) in [5.41, 5.74) is 0. The van der Waals surface area contributed by atoms with Gasteiger partial charge in [0.25, 0.3) is 0 Å². The van der Waals surface area contributed by atoms with Crippen molar-refractivity contribution in [3.05, 3.63) is 0 Å². The average Bonchev–Trinajstić information content (AvgIpc) is 2.45. The van der Waals surface area contributed by atoms with Crippen LogP contribution < -0.4 is 5.32 Å². The van der Waals surface area contributed by atoms with Crippen molar-refractivity contribution in [3.63, 3.8) is 0 Å². The molecular formula is C15H31NO4S. The third kappa shape index (κ3) is 17.5. The van der Waals surface area contributed by atoms with E-state index in [1.807, 2.05) is 0 Å². The molecule has 0 aliphatic carbocycles. The second-order valence-corrected chi connectivity index (χ2v) is 5.99. The highest BCUT2D eigenvalue weighted by atomic mass is 32.2. The van der Waals surface area contributed by atoms with Gasteiger partial charge >= 0.3 is 11.4 Å². The lowest BCUT2D eigenvalue weighted by Gasteiger charge is -2.05. The molecule has 0 saturated carbocycles. The molecule has 0 aromatic rings. The lowest BCUT2D eigenvalue weighted by Crippen LogP contribution is -2.24. The van der Waals surface area contributed by atoms with Gasteiger partial charge in [0.05, 0.1) is 6.61 Å². The molecular weight excluding hydrogens is 290 g/mol. The molecule has 1 unspecified atom stereocenters. The summed E-state index contributed by atoms with van der Waals surface area (Å²) in [5.74, 6) is 0.0584. The first-order valence-corrected chi connectivity index (χ1v) is 9.20. The summed E-state index contributed by atoms with van der Waals surface area (Å²) in [7, 11) is 0. The van der Waals surface area contributed by atoms with Gasteiger partial charge in [-0.1, -0.05) is 58.3 Å². The number of hydrogen-bond acceptors (Lipinski definition) is 3. The fourth-order valence-corrected chi connectivity index (χ4v) is 2.38. The molecule has 0 aliphatic heterocycles. The van der Waals surface area contributed by atoms with Crippen LogP contribution in [0.2, 0.25) is 0 Å². The Balaban J connectivity index is 3.17. The molecule has 0 heterocycles. The van der Waals surface area contributed by atoms with Gasteiger partial charge in [-0.3, -0.25) is 13.5 Å². The van der Waals surface area contributed by atoms with Gasteiger partial charge in [0.15, 0.2) is 0 Å². The highest BCUT2D eigenvalue weighted by molar-refractivity contribution is 7.74. The number of carbonyl (C=O) groups is 1. The van der Waals surface area contributed by atoms with Gasteiger partial charge in [0, 0.05) is 13.0 Å². The van der Waals surface area contributed by atoms with Crippen molar-refractivity contribution in [3.8, 4) is 0 Å². The molecule has 5 nitrogen and oxygen atoms in total. The molecule has 0 aliphatic rings. The maximum absolute atomic E-state index is 11.5. The summed E-state index contributed by atoms with van der Waals surface area (Å²) in [6.45, 7) is 2.90. The van der Waals surface area contributed by atoms with E-state index in [-0.39, 0.29) is 12.5 Å². The molecule has 21 heavy (non-hydrogen) atoms. The number of hydrogen-bond donors (Lipinski definition) is 2. The predicted octanol–water partition coefficient (Wildman–Crippen LogP) is 3.57. The van der Waals surface area contributed by atoms with Crippen molar-refractivity contribution in [1.29, 1.82) is 0 Å². The molecule has 1 atom stereocenters. The smallest absolute Gasteiger partial charge is 0.301 e. The number of amides is 1. The molecule has 0 rings (SSSR count). The van der Waals surface area contributed by atoms with E-state index in [4.69, 9.17) is 4.55 Å². The molecule has 0 saturated heterocycles. The molecule has 126 valence electrons. The molecule has 6 heteroatoms. The van der Waals surface area contributed by atoms with E-state index in [1.54, 1.807) is 0 Å². The summed E-state index contributed by atoms with van der Waals surface area (Å²) in [6.07, 6.45) is 12.3. The van der Waals surface area contributed by atoms with Crippen molar-refractivity contribution in [2.75, 3.05) is 13.2 Å². The van der Waals surface area contributed by atoms with Crippen molar-refractivity contribution < 1.29 is 17.7 Å². The van der Waals surface area contributed by atoms with E-state index in [2.05, 4.69) is 16.4 Å². The first-order valence-electron chi connectivity index (χ1n) is 8.17. The van der Waals surface area contributed by atoms with Gasteiger partial charge in [-0.25, -0.2) is 0 Å². The zero-order chi connectivity index (χ0) is 15.8. The molecule has 0 aromatic heterocycles. The normalized spacial score (nSPS) is 12.3. The van der Waals surface area contributed by atoms with Crippen LogP contribution in [0.3, 0.4) is 0 Å². The Morgan fingerprint density at radius 3 is 2.14 bits per heavy atom. The summed E-state index contributed by atoms with van der Waals surface area (Å²) in [4.78, 5) is 11.5. The van der Waals surface area contributed by atoms with Gasteiger partial charge in [0.1, 0.15) is 0 Å². The fraction of sp³-hybridized carbons (Fsp3) is 0.933. The first-order chi connectivity index (χ1) is 10.2. The van der Waals surface area contributed by atoms with Crippen LogP contribution in [0, 0.1) is 0 Å². The number of carbonyl (C=O) groups excluding carboxylic acids is 1. The molecule has 1 amide bonds. The minimum Gasteiger partial charge on any atom is -0.356 e.